The van der Waals surface area contributed by atoms with Gasteiger partial charge in [-0.3, -0.25) is 0 Å². The van der Waals surface area contributed by atoms with Gasteiger partial charge >= 0.3 is 0 Å². The number of hydrogen-bond donors (Lipinski definition) is 1. The molecule has 1 atom stereocenters. The van der Waals surface area contributed by atoms with Crippen molar-refractivity contribution in [2.24, 2.45) is 5.92 Å². The number of likely N-dealkylation sites (tertiary alicyclic amines) is 1. The van der Waals surface area contributed by atoms with Crippen LogP contribution in [0.2, 0.25) is 0 Å². The van der Waals surface area contributed by atoms with E-state index < -0.39 is 0 Å². The van der Waals surface area contributed by atoms with E-state index >= 15 is 0 Å². The summed E-state index contributed by atoms with van der Waals surface area (Å²) in [6, 6.07) is 0. The van der Waals surface area contributed by atoms with E-state index in [0.717, 1.165) is 0 Å². The smallest absolute Gasteiger partial charge is 0.0541 e. The number of unbranched alkanes of at least 4 members (excludes halogenated alkanes) is 9. The van der Waals surface area contributed by atoms with Crippen molar-refractivity contribution in [2.45, 2.75) is 97.0 Å². The second kappa shape index (κ2) is 12.5. The molecule has 1 aliphatic heterocycles. The summed E-state index contributed by atoms with van der Waals surface area (Å²) in [5, 5.41) is 9.61. The summed E-state index contributed by atoms with van der Waals surface area (Å²) in [5.41, 5.74) is 0. The van der Waals surface area contributed by atoms with Gasteiger partial charge in [-0.1, -0.05) is 64.7 Å². The Morgan fingerprint density at radius 3 is 1.81 bits per heavy atom. The second-order valence-corrected chi connectivity index (χ2v) is 7.10. The molecule has 0 radical (unpaired) electrons. The van der Waals surface area contributed by atoms with Gasteiger partial charge in [0.2, 0.25) is 0 Å². The zero-order valence-electron chi connectivity index (χ0n) is 14.7. The number of aliphatic hydroxyl groups is 1. The molecule has 0 spiro atoms. The van der Waals surface area contributed by atoms with Gasteiger partial charge in [0.1, 0.15) is 0 Å². The highest BCUT2D eigenvalue weighted by atomic mass is 16.3. The van der Waals surface area contributed by atoms with Gasteiger partial charge in [0.15, 0.2) is 0 Å². The highest BCUT2D eigenvalue weighted by Gasteiger charge is 2.21. The summed E-state index contributed by atoms with van der Waals surface area (Å²) in [6.07, 6.45) is 16.5. The van der Waals surface area contributed by atoms with Gasteiger partial charge in [-0.15, -0.1) is 0 Å². The van der Waals surface area contributed by atoms with Crippen LogP contribution in [0.25, 0.3) is 0 Å². The molecule has 2 nitrogen and oxygen atoms in total. The molecule has 0 aliphatic carbocycles. The summed E-state index contributed by atoms with van der Waals surface area (Å²) >= 11 is 0. The average Bonchev–Trinajstić information content (AvgIpc) is 2.49. The number of rotatable bonds is 12. The highest BCUT2D eigenvalue weighted by molar-refractivity contribution is 4.75. The molecule has 1 N–H and O–H groups in total. The minimum absolute atomic E-state index is 0.107. The molecular weight excluding hydrogens is 258 g/mol. The van der Waals surface area contributed by atoms with E-state index in [9.17, 15) is 5.11 Å². The van der Waals surface area contributed by atoms with E-state index in [1.54, 1.807) is 0 Å². The Balaban J connectivity index is 1.83. The van der Waals surface area contributed by atoms with Crippen LogP contribution in [0.4, 0.5) is 0 Å². The highest BCUT2D eigenvalue weighted by Crippen LogP contribution is 2.20. The number of piperidine rings is 1. The SMILES string of the molecule is CCCCCCCCCCCCN1CCC(C(C)O)CC1. The Kier molecular flexibility index (Phi) is 11.3. The Bertz CT molecular complexity index is 222. The third-order valence-electron chi connectivity index (χ3n) is 5.14. The summed E-state index contributed by atoms with van der Waals surface area (Å²) in [4.78, 5) is 2.60. The fraction of sp³-hybridized carbons (Fsp3) is 1.00. The van der Waals surface area contributed by atoms with Gasteiger partial charge in [0.25, 0.3) is 0 Å². The average molecular weight is 298 g/mol. The standard InChI is InChI=1S/C19H39NO/c1-3-4-5-6-7-8-9-10-11-12-15-20-16-13-19(14-17-20)18(2)21/h18-19,21H,3-17H2,1-2H3. The van der Waals surface area contributed by atoms with Crippen LogP contribution in [0.15, 0.2) is 0 Å². The summed E-state index contributed by atoms with van der Waals surface area (Å²) in [5.74, 6) is 0.550. The first kappa shape index (κ1) is 19.0. The molecule has 1 saturated heterocycles. The van der Waals surface area contributed by atoms with Crippen molar-refractivity contribution in [3.63, 3.8) is 0 Å². The third kappa shape index (κ3) is 9.52. The van der Waals surface area contributed by atoms with Crippen LogP contribution in [0.5, 0.6) is 0 Å². The molecule has 0 bridgehead atoms. The third-order valence-corrected chi connectivity index (χ3v) is 5.14. The Morgan fingerprint density at radius 2 is 1.33 bits per heavy atom. The molecule has 0 saturated carbocycles. The van der Waals surface area contributed by atoms with Crippen molar-refractivity contribution in [1.29, 1.82) is 0 Å². The predicted molar refractivity (Wildman–Crippen MR) is 92.7 cm³/mol. The largest absolute Gasteiger partial charge is 0.393 e. The van der Waals surface area contributed by atoms with Gasteiger partial charge in [0.05, 0.1) is 6.10 Å². The van der Waals surface area contributed by atoms with Crippen LogP contribution in [-0.2, 0) is 0 Å². The maximum atomic E-state index is 9.61. The van der Waals surface area contributed by atoms with Crippen LogP contribution < -0.4 is 0 Å². The van der Waals surface area contributed by atoms with Crippen molar-refractivity contribution in [2.75, 3.05) is 19.6 Å². The number of nitrogens with zero attached hydrogens (tertiary/aromatic N) is 1. The zero-order chi connectivity index (χ0) is 15.3. The molecule has 1 heterocycles. The summed E-state index contributed by atoms with van der Waals surface area (Å²) in [6.45, 7) is 7.92. The fourth-order valence-electron chi connectivity index (χ4n) is 3.48. The van der Waals surface area contributed by atoms with E-state index in [4.69, 9.17) is 0 Å². The van der Waals surface area contributed by atoms with Gasteiger partial charge < -0.3 is 10.0 Å². The fourth-order valence-corrected chi connectivity index (χ4v) is 3.48. The first-order chi connectivity index (χ1) is 10.2. The molecule has 21 heavy (non-hydrogen) atoms. The molecule has 0 aromatic carbocycles. The van der Waals surface area contributed by atoms with Gasteiger partial charge in [0, 0.05) is 0 Å². The predicted octanol–water partition coefficient (Wildman–Crippen LogP) is 5.00. The second-order valence-electron chi connectivity index (χ2n) is 7.10. The van der Waals surface area contributed by atoms with E-state index in [-0.39, 0.29) is 6.10 Å². The van der Waals surface area contributed by atoms with Crippen molar-refractivity contribution in [1.82, 2.24) is 4.90 Å². The zero-order valence-corrected chi connectivity index (χ0v) is 14.7. The Hall–Kier alpha value is -0.0800. The Morgan fingerprint density at radius 1 is 0.857 bits per heavy atom. The number of hydrogen-bond acceptors (Lipinski definition) is 2. The summed E-state index contributed by atoms with van der Waals surface area (Å²) < 4.78 is 0. The lowest BCUT2D eigenvalue weighted by molar-refractivity contribution is 0.0713. The lowest BCUT2D eigenvalue weighted by Gasteiger charge is -2.33. The normalized spacial score (nSPS) is 19.0. The first-order valence-corrected chi connectivity index (χ1v) is 9.64. The maximum absolute atomic E-state index is 9.61. The van der Waals surface area contributed by atoms with Crippen molar-refractivity contribution < 1.29 is 5.11 Å². The van der Waals surface area contributed by atoms with Crippen molar-refractivity contribution in [3.05, 3.63) is 0 Å². The molecule has 126 valence electrons. The topological polar surface area (TPSA) is 23.5 Å². The van der Waals surface area contributed by atoms with Crippen LogP contribution in [-0.4, -0.2) is 35.7 Å². The first-order valence-electron chi connectivity index (χ1n) is 9.64. The van der Waals surface area contributed by atoms with Gasteiger partial charge in [-0.2, -0.15) is 0 Å². The molecule has 1 unspecified atom stereocenters. The Labute approximate surface area is 133 Å². The van der Waals surface area contributed by atoms with Crippen LogP contribution in [0.1, 0.15) is 90.9 Å². The lowest BCUT2D eigenvalue weighted by atomic mass is 9.92. The van der Waals surface area contributed by atoms with E-state index in [2.05, 4.69) is 11.8 Å². The van der Waals surface area contributed by atoms with Crippen LogP contribution in [0, 0.1) is 5.92 Å². The monoisotopic (exact) mass is 297 g/mol. The molecule has 0 aromatic heterocycles. The molecule has 1 aliphatic rings. The number of aliphatic hydroxyl groups excluding tert-OH is 1. The van der Waals surface area contributed by atoms with E-state index in [1.807, 2.05) is 6.92 Å². The van der Waals surface area contributed by atoms with Crippen molar-refractivity contribution >= 4 is 0 Å². The molecule has 1 rings (SSSR count). The molecule has 1 fully saturated rings. The minimum Gasteiger partial charge on any atom is -0.393 e. The van der Waals surface area contributed by atoms with Gasteiger partial charge in [-0.05, 0) is 51.7 Å². The van der Waals surface area contributed by atoms with Crippen molar-refractivity contribution in [3.8, 4) is 0 Å². The van der Waals surface area contributed by atoms with E-state index in [0.29, 0.717) is 5.92 Å². The van der Waals surface area contributed by atoms with Crippen LogP contribution >= 0.6 is 0 Å². The summed E-state index contributed by atoms with van der Waals surface area (Å²) in [7, 11) is 0. The molecule has 2 heteroatoms. The lowest BCUT2D eigenvalue weighted by Crippen LogP contribution is -2.37. The molecule has 0 amide bonds. The molecular formula is C19H39NO. The van der Waals surface area contributed by atoms with Crippen LogP contribution in [0.3, 0.4) is 0 Å². The van der Waals surface area contributed by atoms with Gasteiger partial charge in [-0.25, -0.2) is 0 Å². The van der Waals surface area contributed by atoms with E-state index in [1.165, 1.54) is 96.7 Å². The quantitative estimate of drug-likeness (QED) is 0.512. The molecule has 0 aromatic rings. The minimum atomic E-state index is -0.107. The maximum Gasteiger partial charge on any atom is 0.0541 e.